The molecule has 0 saturated carbocycles. The van der Waals surface area contributed by atoms with Crippen molar-refractivity contribution in [1.29, 1.82) is 0 Å². The van der Waals surface area contributed by atoms with Crippen molar-refractivity contribution in [2.45, 2.75) is 32.6 Å². The number of thioether (sulfide) groups is 1. The molecule has 1 aromatic heterocycles. The first-order valence-corrected chi connectivity index (χ1v) is 11.6. The number of benzene rings is 2. The first-order valence-electron chi connectivity index (χ1n) is 9.76. The van der Waals surface area contributed by atoms with Gasteiger partial charge in [-0.1, -0.05) is 36.4 Å². The highest BCUT2D eigenvalue weighted by Gasteiger charge is 2.25. The van der Waals surface area contributed by atoms with Crippen molar-refractivity contribution in [3.05, 3.63) is 70.1 Å². The van der Waals surface area contributed by atoms with E-state index in [9.17, 15) is 9.59 Å². The fourth-order valence-corrected chi connectivity index (χ4v) is 4.90. The normalized spacial score (nSPS) is 10.7. The Bertz CT molecular complexity index is 1060. The van der Waals surface area contributed by atoms with Crippen LogP contribution >= 0.6 is 23.1 Å². The molecule has 0 bridgehead atoms. The van der Waals surface area contributed by atoms with Crippen molar-refractivity contribution in [3.8, 4) is 11.1 Å². The van der Waals surface area contributed by atoms with Crippen molar-refractivity contribution in [2.75, 3.05) is 17.7 Å². The van der Waals surface area contributed by atoms with Gasteiger partial charge in [-0.2, -0.15) is 0 Å². The lowest BCUT2D eigenvalue weighted by Gasteiger charge is -2.10. The summed E-state index contributed by atoms with van der Waals surface area (Å²) < 4.78 is 5.32. The third-order valence-electron chi connectivity index (χ3n) is 4.73. The van der Waals surface area contributed by atoms with Crippen LogP contribution in [0.4, 0.5) is 5.00 Å². The van der Waals surface area contributed by atoms with E-state index in [0.717, 1.165) is 26.5 Å². The number of esters is 1. The van der Waals surface area contributed by atoms with Crippen LogP contribution in [0.2, 0.25) is 0 Å². The van der Waals surface area contributed by atoms with Gasteiger partial charge >= 0.3 is 5.97 Å². The van der Waals surface area contributed by atoms with E-state index in [-0.39, 0.29) is 18.3 Å². The summed E-state index contributed by atoms with van der Waals surface area (Å²) in [5.41, 5.74) is 4.55. The molecule has 2 aromatic carbocycles. The predicted molar refractivity (Wildman–Crippen MR) is 126 cm³/mol. The van der Waals surface area contributed by atoms with Gasteiger partial charge in [-0.25, -0.2) is 4.79 Å². The molecule has 0 aliphatic carbocycles. The van der Waals surface area contributed by atoms with Crippen LogP contribution in [0.5, 0.6) is 0 Å². The Kier molecular flexibility index (Phi) is 7.34. The summed E-state index contributed by atoms with van der Waals surface area (Å²) in [6.07, 6.45) is 0. The molecule has 30 heavy (non-hydrogen) atoms. The van der Waals surface area contributed by atoms with Gasteiger partial charge in [0.2, 0.25) is 5.91 Å². The number of nitrogens with one attached hydrogen (secondary N) is 1. The van der Waals surface area contributed by atoms with E-state index >= 15 is 0 Å². The van der Waals surface area contributed by atoms with Gasteiger partial charge in [-0.15, -0.1) is 23.1 Å². The molecular weight excluding hydrogens is 414 g/mol. The van der Waals surface area contributed by atoms with Gasteiger partial charge in [-0.05, 0) is 56.5 Å². The van der Waals surface area contributed by atoms with E-state index in [2.05, 4.69) is 18.3 Å². The molecule has 0 radical (unpaired) electrons. The second-order valence-corrected chi connectivity index (χ2v) is 9.18. The van der Waals surface area contributed by atoms with Crippen LogP contribution in [0.25, 0.3) is 11.1 Å². The summed E-state index contributed by atoms with van der Waals surface area (Å²) in [6.45, 7) is 8.13. The lowest BCUT2D eigenvalue weighted by Crippen LogP contribution is -2.16. The first-order chi connectivity index (χ1) is 14.4. The molecule has 0 fully saturated rings. The van der Waals surface area contributed by atoms with Gasteiger partial charge in [0.05, 0.1) is 12.4 Å². The minimum atomic E-state index is -0.416. The maximum atomic E-state index is 12.8. The summed E-state index contributed by atoms with van der Waals surface area (Å²) in [5, 5.41) is 3.47. The van der Waals surface area contributed by atoms with Crippen LogP contribution in [-0.2, 0) is 9.53 Å². The number of amides is 1. The molecule has 156 valence electrons. The molecule has 1 N–H and O–H groups in total. The Morgan fingerprint density at radius 3 is 2.43 bits per heavy atom. The minimum absolute atomic E-state index is 0.151. The van der Waals surface area contributed by atoms with Crippen LogP contribution in [0.15, 0.2) is 53.4 Å². The van der Waals surface area contributed by atoms with E-state index in [1.54, 1.807) is 6.92 Å². The second-order valence-electron chi connectivity index (χ2n) is 6.91. The average molecular weight is 440 g/mol. The first kappa shape index (κ1) is 22.1. The van der Waals surface area contributed by atoms with E-state index in [4.69, 9.17) is 4.74 Å². The van der Waals surface area contributed by atoms with Crippen LogP contribution in [0, 0.1) is 20.8 Å². The fourth-order valence-electron chi connectivity index (χ4n) is 3.10. The number of hydrogen-bond acceptors (Lipinski definition) is 5. The molecular formula is C24H25NO3S2. The molecule has 0 saturated heterocycles. The standard InChI is InChI=1S/C24H25NO3S2/c1-5-28-24(27)22-21(18-12-11-15(2)16(3)13-18)17(4)30-23(22)25-20(26)14-29-19-9-7-6-8-10-19/h6-13H,5,14H2,1-4H3,(H,25,26). The number of rotatable bonds is 7. The van der Waals surface area contributed by atoms with Crippen molar-refractivity contribution in [3.63, 3.8) is 0 Å². The number of carbonyl (C=O) groups excluding carboxylic acids is 2. The van der Waals surface area contributed by atoms with E-state index in [1.165, 1.54) is 28.7 Å². The lowest BCUT2D eigenvalue weighted by atomic mass is 9.97. The minimum Gasteiger partial charge on any atom is -0.462 e. The van der Waals surface area contributed by atoms with Gasteiger partial charge in [0.25, 0.3) is 0 Å². The Labute approximate surface area is 185 Å². The summed E-state index contributed by atoms with van der Waals surface area (Å²) in [5.74, 6) is -0.300. The van der Waals surface area contributed by atoms with Crippen molar-refractivity contribution in [1.82, 2.24) is 0 Å². The molecule has 0 aliphatic heterocycles. The fraction of sp³-hybridized carbons (Fsp3) is 0.250. The van der Waals surface area contributed by atoms with Crippen molar-refractivity contribution < 1.29 is 14.3 Å². The van der Waals surface area contributed by atoms with Crippen LogP contribution < -0.4 is 5.32 Å². The van der Waals surface area contributed by atoms with Crippen molar-refractivity contribution >= 4 is 40.0 Å². The largest absolute Gasteiger partial charge is 0.462 e. The number of aryl methyl sites for hydroxylation is 3. The molecule has 0 atom stereocenters. The van der Waals surface area contributed by atoms with Gasteiger partial charge in [-0.3, -0.25) is 4.79 Å². The zero-order valence-electron chi connectivity index (χ0n) is 17.6. The Hall–Kier alpha value is -2.57. The van der Waals surface area contributed by atoms with Crippen LogP contribution in [0.3, 0.4) is 0 Å². The van der Waals surface area contributed by atoms with E-state index in [1.807, 2.05) is 56.3 Å². The van der Waals surface area contributed by atoms with Crippen molar-refractivity contribution in [2.24, 2.45) is 0 Å². The Morgan fingerprint density at radius 1 is 1.03 bits per heavy atom. The highest BCUT2D eigenvalue weighted by Crippen LogP contribution is 2.41. The van der Waals surface area contributed by atoms with Gasteiger partial charge in [0.15, 0.2) is 0 Å². The molecule has 6 heteroatoms. The number of anilines is 1. The average Bonchev–Trinajstić information content (AvgIpc) is 3.05. The quantitative estimate of drug-likeness (QED) is 0.349. The number of ether oxygens (including phenoxy) is 1. The second kappa shape index (κ2) is 9.96. The number of carbonyl (C=O) groups is 2. The monoisotopic (exact) mass is 439 g/mol. The smallest absolute Gasteiger partial charge is 0.341 e. The maximum absolute atomic E-state index is 12.8. The summed E-state index contributed by atoms with van der Waals surface area (Å²) in [7, 11) is 0. The Balaban J connectivity index is 1.91. The topological polar surface area (TPSA) is 55.4 Å². The zero-order valence-corrected chi connectivity index (χ0v) is 19.2. The Morgan fingerprint density at radius 2 is 1.77 bits per heavy atom. The number of thiophene rings is 1. The predicted octanol–water partition coefficient (Wildman–Crippen LogP) is 6.25. The third-order valence-corrected chi connectivity index (χ3v) is 6.76. The molecule has 0 spiro atoms. The van der Waals surface area contributed by atoms with Gasteiger partial charge in [0, 0.05) is 15.3 Å². The molecule has 3 aromatic rings. The molecule has 4 nitrogen and oxygen atoms in total. The zero-order chi connectivity index (χ0) is 21.7. The van der Waals surface area contributed by atoms with Gasteiger partial charge < -0.3 is 10.1 Å². The van der Waals surface area contributed by atoms with E-state index < -0.39 is 5.97 Å². The molecule has 0 unspecified atom stereocenters. The molecule has 1 heterocycles. The lowest BCUT2D eigenvalue weighted by molar-refractivity contribution is -0.113. The third kappa shape index (κ3) is 5.12. The highest BCUT2D eigenvalue weighted by atomic mass is 32.2. The maximum Gasteiger partial charge on any atom is 0.341 e. The molecule has 1 amide bonds. The van der Waals surface area contributed by atoms with Gasteiger partial charge in [0.1, 0.15) is 10.6 Å². The highest BCUT2D eigenvalue weighted by molar-refractivity contribution is 8.00. The SMILES string of the molecule is CCOC(=O)c1c(NC(=O)CSc2ccccc2)sc(C)c1-c1ccc(C)c(C)c1. The number of hydrogen-bond donors (Lipinski definition) is 1. The van der Waals surface area contributed by atoms with E-state index in [0.29, 0.717) is 10.6 Å². The summed E-state index contributed by atoms with van der Waals surface area (Å²) in [6, 6.07) is 15.9. The molecule has 0 aliphatic rings. The summed E-state index contributed by atoms with van der Waals surface area (Å²) in [4.78, 5) is 27.4. The summed E-state index contributed by atoms with van der Waals surface area (Å²) >= 11 is 2.87. The van der Waals surface area contributed by atoms with Crippen LogP contribution in [0.1, 0.15) is 33.3 Å². The van der Waals surface area contributed by atoms with Crippen LogP contribution in [-0.4, -0.2) is 24.2 Å². The molecule has 3 rings (SSSR count).